The van der Waals surface area contributed by atoms with E-state index in [0.717, 1.165) is 18.6 Å². The molecule has 0 fully saturated rings. The van der Waals surface area contributed by atoms with Gasteiger partial charge in [0, 0.05) is 12.4 Å². The van der Waals surface area contributed by atoms with Crippen LogP contribution in [-0.4, -0.2) is 21.7 Å². The molecule has 0 aromatic carbocycles. The lowest BCUT2D eigenvalue weighted by Gasteiger charge is -2.11. The number of aromatic nitrogens is 1. The second-order valence-electron chi connectivity index (χ2n) is 2.80. The smallest absolute Gasteiger partial charge is 0.417 e. The Bertz CT molecular complexity index is 395. The molecular formula is C8H7F3N2O2S. The first kappa shape index (κ1) is 12.8. The zero-order valence-electron chi connectivity index (χ0n) is 8.04. The standard InChI is InChI=1S/C8H7F3N2O2S/c1-16(15)13-7(14)5-4-12-3-2-6(5)8(9,10)11/h2-4H,1H3,(H,13,14). The van der Waals surface area contributed by atoms with Crippen molar-refractivity contribution in [3.8, 4) is 0 Å². The summed E-state index contributed by atoms with van der Waals surface area (Å²) in [6.07, 6.45) is -1.79. The van der Waals surface area contributed by atoms with Crippen molar-refractivity contribution in [3.63, 3.8) is 0 Å². The molecular weight excluding hydrogens is 245 g/mol. The monoisotopic (exact) mass is 252 g/mol. The van der Waals surface area contributed by atoms with E-state index in [2.05, 4.69) is 4.98 Å². The maximum absolute atomic E-state index is 12.5. The molecule has 0 bridgehead atoms. The third-order valence-electron chi connectivity index (χ3n) is 1.61. The van der Waals surface area contributed by atoms with Crippen molar-refractivity contribution in [2.45, 2.75) is 6.18 Å². The number of amides is 1. The number of hydrogen-bond donors (Lipinski definition) is 1. The predicted octanol–water partition coefficient (Wildman–Crippen LogP) is 1.12. The molecule has 0 spiro atoms. The summed E-state index contributed by atoms with van der Waals surface area (Å²) in [5.74, 6) is -1.07. The first-order chi connectivity index (χ1) is 7.32. The maximum atomic E-state index is 12.5. The van der Waals surface area contributed by atoms with Gasteiger partial charge in [-0.2, -0.15) is 17.9 Å². The van der Waals surface area contributed by atoms with Crippen LogP contribution < -0.4 is 4.72 Å². The van der Waals surface area contributed by atoms with E-state index in [-0.39, 0.29) is 0 Å². The number of hydrogen-bond acceptors (Lipinski definition) is 3. The Hall–Kier alpha value is -1.28. The molecule has 0 saturated heterocycles. The molecule has 1 aromatic heterocycles. The van der Waals surface area contributed by atoms with Gasteiger partial charge in [0.15, 0.2) is 0 Å². The summed E-state index contributed by atoms with van der Waals surface area (Å²) in [5, 5.41) is 0. The van der Waals surface area contributed by atoms with Gasteiger partial charge in [-0.15, -0.1) is 0 Å². The first-order valence-electron chi connectivity index (χ1n) is 3.98. The highest BCUT2D eigenvalue weighted by Crippen LogP contribution is 2.31. The van der Waals surface area contributed by atoms with Gasteiger partial charge < -0.3 is 4.55 Å². The van der Waals surface area contributed by atoms with Crippen molar-refractivity contribution in [1.29, 1.82) is 0 Å². The largest absolute Gasteiger partial charge is 0.593 e. The molecule has 1 unspecified atom stereocenters. The van der Waals surface area contributed by atoms with Crippen LogP contribution in [0.15, 0.2) is 18.5 Å². The number of halogens is 3. The Morgan fingerprint density at radius 3 is 2.69 bits per heavy atom. The number of carbonyl (C=O) groups is 1. The zero-order chi connectivity index (χ0) is 12.3. The summed E-state index contributed by atoms with van der Waals surface area (Å²) in [5.41, 5.74) is -1.75. The van der Waals surface area contributed by atoms with Gasteiger partial charge in [0.1, 0.15) is 6.26 Å². The van der Waals surface area contributed by atoms with Crippen LogP contribution >= 0.6 is 0 Å². The van der Waals surface area contributed by atoms with Gasteiger partial charge in [0.05, 0.1) is 22.5 Å². The van der Waals surface area contributed by atoms with Gasteiger partial charge in [-0.25, -0.2) is 0 Å². The Labute approximate surface area is 92.2 Å². The molecule has 0 saturated carbocycles. The zero-order valence-corrected chi connectivity index (χ0v) is 8.85. The molecule has 1 atom stereocenters. The average molecular weight is 252 g/mol. The molecule has 0 aliphatic heterocycles. The van der Waals surface area contributed by atoms with E-state index < -0.39 is 34.6 Å². The molecule has 1 N–H and O–H groups in total. The van der Waals surface area contributed by atoms with Crippen molar-refractivity contribution >= 4 is 17.3 Å². The molecule has 1 amide bonds. The number of nitrogens with zero attached hydrogens (tertiary/aromatic N) is 1. The van der Waals surface area contributed by atoms with Crippen molar-refractivity contribution in [1.82, 2.24) is 9.71 Å². The van der Waals surface area contributed by atoms with E-state index in [4.69, 9.17) is 0 Å². The normalized spacial score (nSPS) is 13.3. The van der Waals surface area contributed by atoms with Gasteiger partial charge in [-0.1, -0.05) is 0 Å². The molecule has 0 aliphatic rings. The lowest BCUT2D eigenvalue weighted by atomic mass is 10.1. The summed E-state index contributed by atoms with van der Waals surface area (Å²) in [4.78, 5) is 14.7. The lowest BCUT2D eigenvalue weighted by molar-refractivity contribution is -0.138. The summed E-state index contributed by atoms with van der Waals surface area (Å²) in [7, 11) is 0. The fourth-order valence-corrected chi connectivity index (χ4v) is 1.38. The predicted molar refractivity (Wildman–Crippen MR) is 50.8 cm³/mol. The van der Waals surface area contributed by atoms with E-state index in [0.29, 0.717) is 6.07 Å². The minimum Gasteiger partial charge on any atom is -0.593 e. The summed E-state index contributed by atoms with van der Waals surface area (Å²) in [6, 6.07) is 0.688. The molecule has 0 aliphatic carbocycles. The molecule has 0 radical (unpaired) electrons. The average Bonchev–Trinajstić information content (AvgIpc) is 2.15. The highest BCUT2D eigenvalue weighted by molar-refractivity contribution is 7.89. The van der Waals surface area contributed by atoms with Crippen LogP contribution in [0.2, 0.25) is 0 Å². The second kappa shape index (κ2) is 4.71. The Morgan fingerprint density at radius 1 is 1.56 bits per heavy atom. The molecule has 1 rings (SSSR count). The molecule has 16 heavy (non-hydrogen) atoms. The summed E-state index contributed by atoms with van der Waals surface area (Å²) < 4.78 is 49.9. The van der Waals surface area contributed by atoms with Gasteiger partial charge >= 0.3 is 6.18 Å². The van der Waals surface area contributed by atoms with E-state index >= 15 is 0 Å². The fraction of sp³-hybridized carbons (Fsp3) is 0.250. The van der Waals surface area contributed by atoms with Crippen LogP contribution in [0.4, 0.5) is 13.2 Å². The number of nitrogens with one attached hydrogen (secondary N) is 1. The van der Waals surface area contributed by atoms with Crippen molar-refractivity contribution in [2.24, 2.45) is 0 Å². The van der Waals surface area contributed by atoms with E-state index in [1.165, 1.54) is 0 Å². The van der Waals surface area contributed by atoms with Crippen LogP contribution in [0.1, 0.15) is 15.9 Å². The Kier molecular flexibility index (Phi) is 3.76. The van der Waals surface area contributed by atoms with Crippen molar-refractivity contribution in [2.75, 3.05) is 6.26 Å². The highest BCUT2D eigenvalue weighted by Gasteiger charge is 2.35. The number of pyridine rings is 1. The fourth-order valence-electron chi connectivity index (χ4n) is 1.01. The molecule has 1 aromatic rings. The van der Waals surface area contributed by atoms with Crippen LogP contribution in [0, 0.1) is 0 Å². The minimum atomic E-state index is -4.65. The Balaban J connectivity index is 3.09. The molecule has 4 nitrogen and oxygen atoms in total. The van der Waals surface area contributed by atoms with Crippen LogP contribution in [0.25, 0.3) is 0 Å². The summed E-state index contributed by atoms with van der Waals surface area (Å²) in [6.45, 7) is 0. The first-order valence-corrected chi connectivity index (χ1v) is 5.54. The number of rotatable bonds is 2. The van der Waals surface area contributed by atoms with Crippen molar-refractivity contribution in [3.05, 3.63) is 29.6 Å². The quantitative estimate of drug-likeness (QED) is 0.802. The van der Waals surface area contributed by atoms with Gasteiger partial charge in [-0.3, -0.25) is 9.78 Å². The maximum Gasteiger partial charge on any atom is 0.417 e. The SMILES string of the molecule is C[S+]([O-])NC(=O)c1cnccc1C(F)(F)F. The third kappa shape index (κ3) is 3.11. The highest BCUT2D eigenvalue weighted by atomic mass is 32.2. The van der Waals surface area contributed by atoms with E-state index in [1.807, 2.05) is 4.72 Å². The Morgan fingerprint density at radius 2 is 2.19 bits per heavy atom. The van der Waals surface area contributed by atoms with E-state index in [1.54, 1.807) is 0 Å². The van der Waals surface area contributed by atoms with Crippen LogP contribution in [-0.2, 0) is 17.5 Å². The van der Waals surface area contributed by atoms with Gasteiger partial charge in [-0.05, 0) is 6.07 Å². The van der Waals surface area contributed by atoms with Gasteiger partial charge in [0.2, 0.25) is 0 Å². The van der Waals surface area contributed by atoms with E-state index in [9.17, 15) is 22.5 Å². The molecule has 88 valence electrons. The van der Waals surface area contributed by atoms with Crippen LogP contribution in [0.5, 0.6) is 0 Å². The second-order valence-corrected chi connectivity index (χ2v) is 3.92. The minimum absolute atomic E-state index is 0.648. The number of alkyl halides is 3. The van der Waals surface area contributed by atoms with Crippen molar-refractivity contribution < 1.29 is 22.5 Å². The van der Waals surface area contributed by atoms with Gasteiger partial charge in [0.25, 0.3) is 5.91 Å². The molecule has 1 heterocycles. The number of carbonyl (C=O) groups excluding carboxylic acids is 1. The summed E-state index contributed by atoms with van der Waals surface area (Å²) >= 11 is -1.73. The lowest BCUT2D eigenvalue weighted by Crippen LogP contribution is -2.31. The molecule has 8 heteroatoms. The third-order valence-corrected chi connectivity index (χ3v) is 2.08. The topological polar surface area (TPSA) is 65.0 Å². The van der Waals surface area contributed by atoms with Crippen LogP contribution in [0.3, 0.4) is 0 Å².